The highest BCUT2D eigenvalue weighted by Gasteiger charge is 2.14. The summed E-state index contributed by atoms with van der Waals surface area (Å²) in [6.45, 7) is 4.88. The first-order chi connectivity index (χ1) is 10.6. The summed E-state index contributed by atoms with van der Waals surface area (Å²) >= 11 is 0. The molecule has 1 N–H and O–H groups in total. The number of benzene rings is 1. The molecule has 4 nitrogen and oxygen atoms in total. The third-order valence-corrected chi connectivity index (χ3v) is 4.05. The minimum Gasteiger partial charge on any atom is -0.378 e. The highest BCUT2D eigenvalue weighted by atomic mass is 16.5. The largest absolute Gasteiger partial charge is 0.378 e. The summed E-state index contributed by atoms with van der Waals surface area (Å²) in [6.07, 6.45) is 4.81. The van der Waals surface area contributed by atoms with Gasteiger partial charge in [0.2, 0.25) is 5.91 Å². The highest BCUT2D eigenvalue weighted by Crippen LogP contribution is 2.14. The Morgan fingerprint density at radius 2 is 2.09 bits per heavy atom. The Balaban J connectivity index is 1.62. The van der Waals surface area contributed by atoms with Crippen molar-refractivity contribution in [3.8, 4) is 0 Å². The van der Waals surface area contributed by atoms with Crippen LogP contribution in [0.5, 0.6) is 0 Å². The molecule has 0 spiro atoms. The molecule has 1 unspecified atom stereocenters. The number of rotatable bonds is 7. The van der Waals surface area contributed by atoms with Gasteiger partial charge in [0.1, 0.15) is 0 Å². The molecule has 1 aromatic rings. The molecule has 1 saturated heterocycles. The Labute approximate surface area is 133 Å². The fourth-order valence-electron chi connectivity index (χ4n) is 2.77. The van der Waals surface area contributed by atoms with Crippen LogP contribution >= 0.6 is 0 Å². The molecule has 1 aliphatic rings. The molecular formula is C18H28N2O2. The number of nitrogens with zero attached hydrogens (tertiary/aromatic N) is 1. The molecule has 1 heterocycles. The van der Waals surface area contributed by atoms with Gasteiger partial charge in [-0.2, -0.15) is 0 Å². The van der Waals surface area contributed by atoms with Gasteiger partial charge in [-0.05, 0) is 45.2 Å². The molecule has 0 aliphatic carbocycles. The van der Waals surface area contributed by atoms with E-state index in [1.54, 1.807) is 0 Å². The van der Waals surface area contributed by atoms with E-state index in [0.717, 1.165) is 26.0 Å². The van der Waals surface area contributed by atoms with E-state index in [2.05, 4.69) is 36.5 Å². The fourth-order valence-corrected chi connectivity index (χ4v) is 2.77. The van der Waals surface area contributed by atoms with Crippen LogP contribution in [0.3, 0.4) is 0 Å². The average Bonchev–Trinajstić information content (AvgIpc) is 2.50. The van der Waals surface area contributed by atoms with Crippen LogP contribution in [-0.2, 0) is 16.1 Å². The maximum atomic E-state index is 11.9. The van der Waals surface area contributed by atoms with Gasteiger partial charge in [0, 0.05) is 19.7 Å². The van der Waals surface area contributed by atoms with Crippen molar-refractivity contribution in [3.63, 3.8) is 0 Å². The van der Waals surface area contributed by atoms with Crippen molar-refractivity contribution in [2.24, 2.45) is 0 Å². The molecule has 1 amide bonds. The van der Waals surface area contributed by atoms with Gasteiger partial charge in [0.05, 0.1) is 12.6 Å². The molecule has 4 heteroatoms. The van der Waals surface area contributed by atoms with E-state index < -0.39 is 0 Å². The van der Waals surface area contributed by atoms with E-state index in [1.807, 2.05) is 11.9 Å². The number of hydrogen-bond donors (Lipinski definition) is 1. The van der Waals surface area contributed by atoms with Crippen molar-refractivity contribution >= 4 is 5.91 Å². The minimum atomic E-state index is 0.0884. The normalized spacial score (nSPS) is 18.4. The van der Waals surface area contributed by atoms with Crippen molar-refractivity contribution in [1.29, 1.82) is 0 Å². The van der Waals surface area contributed by atoms with Crippen molar-refractivity contribution in [2.75, 3.05) is 26.7 Å². The van der Waals surface area contributed by atoms with Crippen LogP contribution in [-0.4, -0.2) is 43.7 Å². The van der Waals surface area contributed by atoms with E-state index in [0.29, 0.717) is 19.2 Å². The molecule has 1 aromatic carbocycles. The summed E-state index contributed by atoms with van der Waals surface area (Å²) < 4.78 is 5.67. The van der Waals surface area contributed by atoms with Crippen LogP contribution in [0.15, 0.2) is 24.3 Å². The Kier molecular flexibility index (Phi) is 6.87. The molecule has 0 aromatic heterocycles. The van der Waals surface area contributed by atoms with Gasteiger partial charge < -0.3 is 10.1 Å². The molecule has 0 bridgehead atoms. The highest BCUT2D eigenvalue weighted by molar-refractivity contribution is 5.77. The molecular weight excluding hydrogens is 276 g/mol. The Morgan fingerprint density at radius 1 is 1.32 bits per heavy atom. The summed E-state index contributed by atoms with van der Waals surface area (Å²) in [7, 11) is 1.98. The summed E-state index contributed by atoms with van der Waals surface area (Å²) in [5.74, 6) is 0.0884. The van der Waals surface area contributed by atoms with Crippen molar-refractivity contribution in [1.82, 2.24) is 10.2 Å². The molecule has 0 saturated carbocycles. The summed E-state index contributed by atoms with van der Waals surface area (Å²) in [4.78, 5) is 14.0. The van der Waals surface area contributed by atoms with Crippen molar-refractivity contribution in [3.05, 3.63) is 35.4 Å². The lowest BCUT2D eigenvalue weighted by Gasteiger charge is -2.22. The van der Waals surface area contributed by atoms with Gasteiger partial charge in [0.25, 0.3) is 0 Å². The standard InChI is InChI=1S/C18H28N2O2/c1-15-6-8-16(9-7-15)13-20(2)14-18(21)19-11-10-17-5-3-4-12-22-17/h6-9,17H,3-5,10-14H2,1-2H3,(H,19,21). The molecule has 2 rings (SSSR count). The number of likely N-dealkylation sites (N-methyl/N-ethyl adjacent to an activating group) is 1. The quantitative estimate of drug-likeness (QED) is 0.841. The van der Waals surface area contributed by atoms with Gasteiger partial charge in [-0.1, -0.05) is 29.8 Å². The lowest BCUT2D eigenvalue weighted by molar-refractivity contribution is -0.122. The van der Waals surface area contributed by atoms with Crippen LogP contribution in [0.1, 0.15) is 36.8 Å². The van der Waals surface area contributed by atoms with E-state index >= 15 is 0 Å². The van der Waals surface area contributed by atoms with Crippen LogP contribution < -0.4 is 5.32 Å². The zero-order valence-electron chi connectivity index (χ0n) is 13.8. The molecule has 1 fully saturated rings. The van der Waals surface area contributed by atoms with Gasteiger partial charge in [-0.25, -0.2) is 0 Å². The van der Waals surface area contributed by atoms with Crippen molar-refractivity contribution in [2.45, 2.75) is 45.3 Å². The average molecular weight is 304 g/mol. The van der Waals surface area contributed by atoms with Gasteiger partial charge in [0.15, 0.2) is 0 Å². The molecule has 1 atom stereocenters. The summed E-state index contributed by atoms with van der Waals surface area (Å²) in [5.41, 5.74) is 2.49. The van der Waals surface area contributed by atoms with Crippen LogP contribution in [0, 0.1) is 6.92 Å². The third-order valence-electron chi connectivity index (χ3n) is 4.05. The van der Waals surface area contributed by atoms with Gasteiger partial charge in [-0.15, -0.1) is 0 Å². The second-order valence-electron chi connectivity index (χ2n) is 6.29. The number of amides is 1. The zero-order chi connectivity index (χ0) is 15.8. The Bertz CT molecular complexity index is 453. The summed E-state index contributed by atoms with van der Waals surface area (Å²) in [6, 6.07) is 8.44. The van der Waals surface area contributed by atoms with Gasteiger partial charge in [-0.3, -0.25) is 9.69 Å². The minimum absolute atomic E-state index is 0.0884. The molecule has 22 heavy (non-hydrogen) atoms. The third kappa shape index (κ3) is 6.16. The fraction of sp³-hybridized carbons (Fsp3) is 0.611. The number of ether oxygens (including phenoxy) is 1. The number of carbonyl (C=O) groups excluding carboxylic acids is 1. The van der Waals surface area contributed by atoms with E-state index in [4.69, 9.17) is 4.74 Å². The SMILES string of the molecule is Cc1ccc(CN(C)CC(=O)NCCC2CCCCO2)cc1. The predicted molar refractivity (Wildman–Crippen MR) is 88.7 cm³/mol. The summed E-state index contributed by atoms with van der Waals surface area (Å²) in [5, 5.41) is 3.00. The first kappa shape index (κ1) is 17.0. The first-order valence-electron chi connectivity index (χ1n) is 8.26. The van der Waals surface area contributed by atoms with Crippen LogP contribution in [0.2, 0.25) is 0 Å². The van der Waals surface area contributed by atoms with E-state index in [9.17, 15) is 4.79 Å². The first-order valence-corrected chi connectivity index (χ1v) is 8.26. The maximum Gasteiger partial charge on any atom is 0.234 e. The number of carbonyl (C=O) groups is 1. The van der Waals surface area contributed by atoms with Gasteiger partial charge >= 0.3 is 0 Å². The number of hydrogen-bond acceptors (Lipinski definition) is 3. The number of nitrogens with one attached hydrogen (secondary N) is 1. The Hall–Kier alpha value is -1.39. The van der Waals surface area contributed by atoms with E-state index in [1.165, 1.54) is 24.0 Å². The lowest BCUT2D eigenvalue weighted by atomic mass is 10.1. The predicted octanol–water partition coefficient (Wildman–Crippen LogP) is 2.50. The maximum absolute atomic E-state index is 11.9. The molecule has 122 valence electrons. The van der Waals surface area contributed by atoms with Crippen LogP contribution in [0.25, 0.3) is 0 Å². The lowest BCUT2D eigenvalue weighted by Crippen LogP contribution is -2.36. The topological polar surface area (TPSA) is 41.6 Å². The number of aryl methyl sites for hydroxylation is 1. The van der Waals surface area contributed by atoms with E-state index in [-0.39, 0.29) is 5.91 Å². The zero-order valence-corrected chi connectivity index (χ0v) is 13.8. The van der Waals surface area contributed by atoms with Crippen LogP contribution in [0.4, 0.5) is 0 Å². The smallest absolute Gasteiger partial charge is 0.234 e. The second-order valence-corrected chi connectivity index (χ2v) is 6.29. The molecule has 1 aliphatic heterocycles. The monoisotopic (exact) mass is 304 g/mol. The Morgan fingerprint density at radius 3 is 2.77 bits per heavy atom. The molecule has 0 radical (unpaired) electrons. The second kappa shape index (κ2) is 8.91. The van der Waals surface area contributed by atoms with Crippen molar-refractivity contribution < 1.29 is 9.53 Å².